The highest BCUT2D eigenvalue weighted by Crippen LogP contribution is 2.26. The van der Waals surface area contributed by atoms with Crippen LogP contribution >= 0.6 is 23.6 Å². The van der Waals surface area contributed by atoms with Crippen molar-refractivity contribution in [2.24, 2.45) is 0 Å². The van der Waals surface area contributed by atoms with Crippen LogP contribution in [0.2, 0.25) is 0 Å². The number of benzene rings is 2. The third-order valence-corrected chi connectivity index (χ3v) is 5.32. The van der Waals surface area contributed by atoms with E-state index in [0.717, 1.165) is 12.1 Å². The minimum absolute atomic E-state index is 0.0504. The third-order valence-electron chi connectivity index (χ3n) is 4.16. The number of rotatable bonds is 5. The molecule has 0 saturated carbocycles. The lowest BCUT2D eigenvalue weighted by Gasteiger charge is -2.21. The maximum absolute atomic E-state index is 5.60. The van der Waals surface area contributed by atoms with Crippen LogP contribution in [0.25, 0.3) is 0 Å². The third kappa shape index (κ3) is 4.47. The first-order chi connectivity index (χ1) is 12.2. The van der Waals surface area contributed by atoms with Crippen molar-refractivity contribution in [1.82, 2.24) is 5.32 Å². The SMILES string of the molecule is CCc1ccccc1NC(=S)N[C@@H](c1ccc(C)cc1)c1cccs1. The number of anilines is 1. The van der Waals surface area contributed by atoms with Crippen LogP contribution in [-0.2, 0) is 6.42 Å². The van der Waals surface area contributed by atoms with E-state index in [2.05, 4.69) is 84.5 Å². The molecule has 0 aliphatic heterocycles. The van der Waals surface area contributed by atoms with E-state index < -0.39 is 0 Å². The van der Waals surface area contributed by atoms with Crippen molar-refractivity contribution in [3.05, 3.63) is 87.6 Å². The first-order valence-corrected chi connectivity index (χ1v) is 9.71. The molecule has 1 atom stereocenters. The van der Waals surface area contributed by atoms with Crippen molar-refractivity contribution >= 4 is 34.4 Å². The molecule has 3 aromatic rings. The monoisotopic (exact) mass is 366 g/mol. The summed E-state index contributed by atoms with van der Waals surface area (Å²) in [6, 6.07) is 21.2. The van der Waals surface area contributed by atoms with Gasteiger partial charge in [0.1, 0.15) is 0 Å². The van der Waals surface area contributed by atoms with Crippen LogP contribution in [0.1, 0.15) is 34.5 Å². The zero-order valence-electron chi connectivity index (χ0n) is 14.5. The lowest BCUT2D eigenvalue weighted by Crippen LogP contribution is -2.32. The molecule has 2 N–H and O–H groups in total. The average molecular weight is 367 g/mol. The fourth-order valence-electron chi connectivity index (χ4n) is 2.77. The summed E-state index contributed by atoms with van der Waals surface area (Å²) in [4.78, 5) is 1.25. The Labute approximate surface area is 158 Å². The Balaban J connectivity index is 1.80. The summed E-state index contributed by atoms with van der Waals surface area (Å²) in [6.07, 6.45) is 0.970. The molecule has 0 spiro atoms. The second-order valence-corrected chi connectivity index (χ2v) is 7.36. The van der Waals surface area contributed by atoms with Gasteiger partial charge in [-0.3, -0.25) is 0 Å². The van der Waals surface area contributed by atoms with Crippen molar-refractivity contribution in [3.8, 4) is 0 Å². The van der Waals surface area contributed by atoms with Crippen molar-refractivity contribution in [2.75, 3.05) is 5.32 Å². The molecule has 4 heteroatoms. The Kier molecular flexibility index (Phi) is 5.84. The second-order valence-electron chi connectivity index (χ2n) is 5.97. The van der Waals surface area contributed by atoms with Crippen LogP contribution in [-0.4, -0.2) is 5.11 Å². The fraction of sp³-hybridized carbons (Fsp3) is 0.190. The first kappa shape index (κ1) is 17.6. The molecule has 3 rings (SSSR count). The zero-order valence-corrected chi connectivity index (χ0v) is 16.1. The van der Waals surface area contributed by atoms with Gasteiger partial charge in [0.25, 0.3) is 0 Å². The van der Waals surface area contributed by atoms with Crippen molar-refractivity contribution in [2.45, 2.75) is 26.3 Å². The molecule has 2 aromatic carbocycles. The van der Waals surface area contributed by atoms with Crippen LogP contribution in [0.3, 0.4) is 0 Å². The van der Waals surface area contributed by atoms with Crippen LogP contribution in [0.4, 0.5) is 5.69 Å². The van der Waals surface area contributed by atoms with Crippen LogP contribution in [0.15, 0.2) is 66.0 Å². The van der Waals surface area contributed by atoms with E-state index in [-0.39, 0.29) is 6.04 Å². The second kappa shape index (κ2) is 8.28. The van der Waals surface area contributed by atoms with Crippen molar-refractivity contribution in [1.29, 1.82) is 0 Å². The van der Waals surface area contributed by atoms with E-state index in [4.69, 9.17) is 12.2 Å². The number of thiophene rings is 1. The van der Waals surface area contributed by atoms with E-state index in [0.29, 0.717) is 5.11 Å². The van der Waals surface area contributed by atoms with Gasteiger partial charge >= 0.3 is 0 Å². The Morgan fingerprint density at radius 3 is 2.48 bits per heavy atom. The summed E-state index contributed by atoms with van der Waals surface area (Å²) in [6.45, 7) is 4.25. The summed E-state index contributed by atoms with van der Waals surface area (Å²) in [5, 5.41) is 9.58. The lowest BCUT2D eigenvalue weighted by molar-refractivity contribution is 0.784. The largest absolute Gasteiger partial charge is 0.351 e. The quantitative estimate of drug-likeness (QED) is 0.567. The Morgan fingerprint density at radius 2 is 1.80 bits per heavy atom. The zero-order chi connectivity index (χ0) is 17.6. The average Bonchev–Trinajstić information content (AvgIpc) is 3.15. The van der Waals surface area contributed by atoms with Crippen LogP contribution in [0.5, 0.6) is 0 Å². The van der Waals surface area contributed by atoms with Gasteiger partial charge < -0.3 is 10.6 Å². The molecular formula is C21H22N2S2. The summed E-state index contributed by atoms with van der Waals surface area (Å²) in [5.41, 5.74) is 4.79. The normalized spacial score (nSPS) is 11.8. The fourth-order valence-corrected chi connectivity index (χ4v) is 3.80. The van der Waals surface area contributed by atoms with E-state index in [1.54, 1.807) is 11.3 Å². The molecule has 0 aliphatic rings. The maximum Gasteiger partial charge on any atom is 0.171 e. The number of nitrogens with one attached hydrogen (secondary N) is 2. The molecule has 1 heterocycles. The van der Waals surface area contributed by atoms with E-state index in [1.165, 1.54) is 21.6 Å². The summed E-state index contributed by atoms with van der Waals surface area (Å²) in [5.74, 6) is 0. The van der Waals surface area contributed by atoms with E-state index in [9.17, 15) is 0 Å². The van der Waals surface area contributed by atoms with Gasteiger partial charge in [-0.05, 0) is 54.2 Å². The molecule has 25 heavy (non-hydrogen) atoms. The van der Waals surface area contributed by atoms with Gasteiger partial charge in [-0.1, -0.05) is 61.0 Å². The molecule has 1 aromatic heterocycles. The molecule has 0 radical (unpaired) electrons. The van der Waals surface area contributed by atoms with E-state index in [1.807, 2.05) is 6.07 Å². The topological polar surface area (TPSA) is 24.1 Å². The molecule has 0 bridgehead atoms. The molecule has 128 valence electrons. The molecule has 0 fully saturated rings. The Hall–Kier alpha value is -2.17. The number of para-hydroxylation sites is 1. The van der Waals surface area contributed by atoms with Crippen molar-refractivity contribution in [3.63, 3.8) is 0 Å². The molecule has 0 aliphatic carbocycles. The highest BCUT2D eigenvalue weighted by atomic mass is 32.1. The molecule has 0 amide bonds. The standard InChI is InChI=1S/C21H22N2S2/c1-3-16-7-4-5-8-18(16)22-21(24)23-20(19-9-6-14-25-19)17-12-10-15(2)11-13-17/h4-14,20H,3H2,1-2H3,(H2,22,23,24)/t20-/m0/s1. The highest BCUT2D eigenvalue weighted by molar-refractivity contribution is 7.80. The maximum atomic E-state index is 5.60. The first-order valence-electron chi connectivity index (χ1n) is 8.42. The van der Waals surface area contributed by atoms with Crippen LogP contribution < -0.4 is 10.6 Å². The molecule has 0 saturated heterocycles. The van der Waals surface area contributed by atoms with Gasteiger partial charge in [0.2, 0.25) is 0 Å². The summed E-state index contributed by atoms with van der Waals surface area (Å²) >= 11 is 7.34. The number of hydrogen-bond donors (Lipinski definition) is 2. The minimum atomic E-state index is 0.0504. The highest BCUT2D eigenvalue weighted by Gasteiger charge is 2.16. The molecular weight excluding hydrogens is 344 g/mol. The van der Waals surface area contributed by atoms with Gasteiger partial charge in [-0.2, -0.15) is 0 Å². The predicted molar refractivity (Wildman–Crippen MR) is 113 cm³/mol. The predicted octanol–water partition coefficient (Wildman–Crippen LogP) is 5.69. The van der Waals surface area contributed by atoms with Gasteiger partial charge in [0.05, 0.1) is 6.04 Å². The van der Waals surface area contributed by atoms with Gasteiger partial charge in [0, 0.05) is 10.6 Å². The van der Waals surface area contributed by atoms with Gasteiger partial charge in [-0.15, -0.1) is 11.3 Å². The molecule has 2 nitrogen and oxygen atoms in total. The summed E-state index contributed by atoms with van der Waals surface area (Å²) < 4.78 is 0. The van der Waals surface area contributed by atoms with Crippen LogP contribution in [0, 0.1) is 6.92 Å². The summed E-state index contributed by atoms with van der Waals surface area (Å²) in [7, 11) is 0. The smallest absolute Gasteiger partial charge is 0.171 e. The number of aryl methyl sites for hydroxylation is 2. The lowest BCUT2D eigenvalue weighted by atomic mass is 10.0. The van der Waals surface area contributed by atoms with Gasteiger partial charge in [0.15, 0.2) is 5.11 Å². The Bertz CT molecular complexity index is 823. The Morgan fingerprint density at radius 1 is 1.04 bits per heavy atom. The number of thiocarbonyl (C=S) groups is 1. The molecule has 0 unspecified atom stereocenters. The van der Waals surface area contributed by atoms with Crippen molar-refractivity contribution < 1.29 is 0 Å². The van der Waals surface area contributed by atoms with Gasteiger partial charge in [-0.25, -0.2) is 0 Å². The number of hydrogen-bond acceptors (Lipinski definition) is 2. The minimum Gasteiger partial charge on any atom is -0.351 e. The van der Waals surface area contributed by atoms with E-state index >= 15 is 0 Å².